The lowest BCUT2D eigenvalue weighted by Gasteiger charge is -2.42. The van der Waals surface area contributed by atoms with Crippen molar-refractivity contribution in [1.82, 2.24) is 60.6 Å². The van der Waals surface area contributed by atoms with Crippen LogP contribution in [0.4, 0.5) is 16.6 Å². The molecule has 3 fully saturated rings. The quantitative estimate of drug-likeness (QED) is 0.0103. The number of rotatable bonds is 35. The fourth-order valence-corrected chi connectivity index (χ4v) is 15.7. The zero-order chi connectivity index (χ0) is 87.8. The molecule has 122 heavy (non-hydrogen) atoms. The number of carbonyl (C=O) groups excluding carboxylic acids is 8. The first-order chi connectivity index (χ1) is 58.7. The third-order valence-electron chi connectivity index (χ3n) is 22.7. The highest BCUT2D eigenvalue weighted by Crippen LogP contribution is 2.40. The van der Waals surface area contributed by atoms with Crippen molar-refractivity contribution in [3.8, 4) is 11.3 Å². The van der Waals surface area contributed by atoms with Gasteiger partial charge in [-0.1, -0.05) is 69.4 Å². The van der Waals surface area contributed by atoms with Crippen molar-refractivity contribution in [2.75, 3.05) is 118 Å². The fourth-order valence-electron chi connectivity index (χ4n) is 15.7. The Bertz CT molecular complexity index is 4380. The number of ketones is 3. The molecular weight excluding hydrogens is 1580 g/mol. The summed E-state index contributed by atoms with van der Waals surface area (Å²) in [5, 5.41) is 57.0. The molecule has 1 saturated carbocycles. The summed E-state index contributed by atoms with van der Waals surface area (Å²) >= 11 is 0. The number of amides is 4. The molecule has 7 heterocycles. The number of Topliss-reactive ketones (excluding diaryl/α,β-unsaturated/α-hetero) is 3. The SMILES string of the molecule is CO[C@H]1C[C@@H]2CC[C@@H](C)[C@@](O)(O2)C(=O)C(=O)N2CCCC[C@H]2C(=O)O[C@H]([C@H](N)C[C@@H]2CC[C@H](n3cc(COC(=O)NCCOCCOCCOCCC(=O)NCCOCCOCCC(=O)NCCCCn4nc(-c5ccc6oc(N)nc6c5)c5c(N)ncnc54)nn3)[C@H](OC)C2)CC(=O)[C@H](C)/C=C(\C)[C@@H](O)[C@@H](O)C(=O)[C@H](C)C[C@H](C)/C=C/C=C/C=C/1C. The number of unbranched alkanes of at least 4 members (excludes halogenated alkanes) is 1. The molecule has 1 aromatic carbocycles. The lowest BCUT2D eigenvalue weighted by Crippen LogP contribution is -2.61. The molecule has 9 rings (SSSR count). The number of nitrogens with two attached hydrogens (primary N) is 3. The van der Waals surface area contributed by atoms with Crippen molar-refractivity contribution >= 4 is 81.1 Å². The third kappa shape index (κ3) is 28.3. The Morgan fingerprint density at radius 3 is 2.16 bits per heavy atom. The summed E-state index contributed by atoms with van der Waals surface area (Å²) in [4.78, 5) is 123. The van der Waals surface area contributed by atoms with E-state index in [0.717, 1.165) is 16.0 Å². The van der Waals surface area contributed by atoms with Gasteiger partial charge in [0.25, 0.3) is 17.7 Å². The van der Waals surface area contributed by atoms with Crippen molar-refractivity contribution in [1.29, 1.82) is 0 Å². The standard InChI is InChI=1S/C85H125N15O22/c1-52-16-10-9-11-17-53(2)68(112-7)47-61-22-19-57(6)85(111,122-61)78(107)81(108)98-30-14-12-18-65(98)82(109)120-69(48-66(101)54(3)43-56(5)76(105)77(106)75(104)55(4)42-52)62(86)44-58-20-23-64(70(45-58)113-8)100-49-60(95-97-100)50-119-84(110)91-29-35-117-39-41-118-40-37-115-33-26-72(103)90-28-34-116-38-36-114-32-25-71(102)89-27-13-15-31-99-80-73(79(87)92-51-93-80)74(96-99)59-21-24-67-63(46-59)94-83(88)121-67/h9-11,16-17,21,24,43,46,49,51-52,54-55,57-58,61-62,64-65,68-70,76-77,105-106,111H,12-15,18-20,22-23,25-42,44-45,47-48,50,86H2,1-8H3,(H2,88,94)(H,89,102)(H,90,103)(H,91,110)(H2,87,92,93)/b11-9+,16-10+,53-17+,56-43+/t52-,54-,55-,57-,58+,61+,62-,64+,65+,68+,69+,70-,76-,77+,85-/m1/s1. The fraction of sp³-hybridized carbons (Fsp3) is 0.647. The minimum Gasteiger partial charge on any atom is -0.459 e. The molecule has 4 aliphatic rings. The molecule has 2 bridgehead atoms. The number of fused-ring (bicyclic) bond motifs is 5. The van der Waals surface area contributed by atoms with E-state index in [0.29, 0.717) is 136 Å². The molecule has 5 aromatic rings. The predicted molar refractivity (Wildman–Crippen MR) is 446 cm³/mol. The molecule has 4 aromatic heterocycles. The summed E-state index contributed by atoms with van der Waals surface area (Å²) < 4.78 is 66.4. The van der Waals surface area contributed by atoms with Gasteiger partial charge in [-0.25, -0.2) is 28.9 Å². The summed E-state index contributed by atoms with van der Waals surface area (Å²) in [5.74, 6) is -9.27. The van der Waals surface area contributed by atoms with E-state index in [1.54, 1.807) is 56.6 Å². The van der Waals surface area contributed by atoms with E-state index >= 15 is 0 Å². The number of nitrogen functional groups attached to an aromatic ring is 2. The van der Waals surface area contributed by atoms with Crippen molar-refractivity contribution in [3.63, 3.8) is 0 Å². The van der Waals surface area contributed by atoms with E-state index in [-0.39, 0.29) is 146 Å². The first-order valence-corrected chi connectivity index (χ1v) is 42.4. The maximum absolute atomic E-state index is 14.7. The van der Waals surface area contributed by atoms with Crippen LogP contribution in [0.2, 0.25) is 0 Å². The van der Waals surface area contributed by atoms with Crippen LogP contribution in [-0.2, 0) is 94.1 Å². The first-order valence-electron chi connectivity index (χ1n) is 42.4. The average Bonchev–Trinajstić information content (AvgIpc) is 1.33. The Labute approximate surface area is 710 Å². The van der Waals surface area contributed by atoms with Crippen LogP contribution < -0.4 is 33.2 Å². The van der Waals surface area contributed by atoms with Gasteiger partial charge in [-0.15, -0.1) is 5.10 Å². The monoisotopic (exact) mass is 1710 g/mol. The molecule has 12 N–H and O–H groups in total. The number of oxazole rings is 1. The highest BCUT2D eigenvalue weighted by atomic mass is 16.6. The molecule has 37 nitrogen and oxygen atoms in total. The van der Waals surface area contributed by atoms with Crippen LogP contribution in [0.3, 0.4) is 0 Å². The number of aryl methyl sites for hydroxylation is 1. The van der Waals surface area contributed by atoms with Gasteiger partial charge >= 0.3 is 12.1 Å². The van der Waals surface area contributed by atoms with E-state index in [4.69, 9.17) is 74.1 Å². The molecule has 672 valence electrons. The zero-order valence-corrected chi connectivity index (χ0v) is 71.4. The number of aliphatic hydroxyl groups is 3. The highest BCUT2D eigenvalue weighted by molar-refractivity contribution is 6.39. The normalized spacial score (nSPS) is 27.0. The smallest absolute Gasteiger partial charge is 0.407 e. The Balaban J connectivity index is 0.628. The van der Waals surface area contributed by atoms with Crippen LogP contribution in [0.5, 0.6) is 0 Å². The minimum atomic E-state index is -2.51. The molecule has 0 unspecified atom stereocenters. The zero-order valence-electron chi connectivity index (χ0n) is 71.4. The summed E-state index contributed by atoms with van der Waals surface area (Å²) in [7, 11) is 3.12. The number of benzene rings is 1. The van der Waals surface area contributed by atoms with Crippen molar-refractivity contribution < 1.29 is 105 Å². The maximum atomic E-state index is 14.7. The Kier molecular flexibility index (Phi) is 38.4. The molecule has 4 amide bonds. The number of alkyl carbamates (subject to hydrolysis) is 1. The van der Waals surface area contributed by atoms with Gasteiger partial charge in [0.1, 0.15) is 65.8 Å². The number of allylic oxidation sites excluding steroid dienone is 6. The summed E-state index contributed by atoms with van der Waals surface area (Å²) in [6.45, 7) is 14.1. The number of aliphatic hydroxyl groups excluding tert-OH is 2. The molecule has 2 saturated heterocycles. The van der Waals surface area contributed by atoms with Gasteiger partial charge in [0.05, 0.1) is 102 Å². The number of nitrogens with zero attached hydrogens (tertiary/aromatic N) is 9. The number of nitrogens with one attached hydrogen (secondary N) is 3. The number of piperidine rings is 1. The second-order valence-corrected chi connectivity index (χ2v) is 32.0. The molecule has 3 aliphatic heterocycles. The molecule has 15 atom stereocenters. The van der Waals surface area contributed by atoms with E-state index < -0.39 is 114 Å². The van der Waals surface area contributed by atoms with Crippen LogP contribution in [0.25, 0.3) is 33.4 Å². The number of methoxy groups -OCH3 is 2. The number of cyclic esters (lactones) is 1. The number of ether oxygens (including phenoxy) is 10. The lowest BCUT2D eigenvalue weighted by atomic mass is 9.79. The van der Waals surface area contributed by atoms with Crippen LogP contribution in [0.15, 0.2) is 82.7 Å². The number of esters is 1. The lowest BCUT2D eigenvalue weighted by molar-refractivity contribution is -0.265. The molecule has 37 heteroatoms. The maximum Gasteiger partial charge on any atom is 0.407 e. The topological polar surface area (TPSA) is 507 Å². The molecule has 0 spiro atoms. The molecule has 0 radical (unpaired) electrons. The van der Waals surface area contributed by atoms with Gasteiger partial charge in [-0.2, -0.15) is 10.1 Å². The van der Waals surface area contributed by atoms with Gasteiger partial charge in [-0.3, -0.25) is 28.8 Å². The first kappa shape index (κ1) is 96.4. The second kappa shape index (κ2) is 48.6. The number of anilines is 2. The van der Waals surface area contributed by atoms with Gasteiger partial charge in [0.15, 0.2) is 17.0 Å². The largest absolute Gasteiger partial charge is 0.459 e. The van der Waals surface area contributed by atoms with Crippen LogP contribution >= 0.6 is 0 Å². The van der Waals surface area contributed by atoms with Crippen LogP contribution in [0, 0.1) is 29.6 Å². The van der Waals surface area contributed by atoms with Crippen molar-refractivity contribution in [3.05, 3.63) is 84.0 Å². The Hall–Kier alpha value is -9.38. The minimum absolute atomic E-state index is 0.00273. The molecule has 1 aliphatic carbocycles. The number of carbonyl (C=O) groups is 8. The number of hydrogen-bond acceptors (Lipinski definition) is 31. The van der Waals surface area contributed by atoms with Crippen molar-refractivity contribution in [2.24, 2.45) is 35.3 Å². The Morgan fingerprint density at radius 1 is 0.754 bits per heavy atom. The van der Waals surface area contributed by atoms with Crippen molar-refractivity contribution in [2.45, 2.75) is 218 Å². The van der Waals surface area contributed by atoms with E-state index in [9.17, 15) is 53.7 Å². The predicted octanol–water partition coefficient (Wildman–Crippen LogP) is 5.60. The van der Waals surface area contributed by atoms with E-state index in [1.165, 1.54) is 19.3 Å². The summed E-state index contributed by atoms with van der Waals surface area (Å²) in [6.07, 6.45) is 12.7. The Morgan fingerprint density at radius 2 is 1.45 bits per heavy atom. The number of hydrogen-bond donors (Lipinski definition) is 9. The van der Waals surface area contributed by atoms with E-state index in [1.807, 2.05) is 56.4 Å². The van der Waals surface area contributed by atoms with Gasteiger partial charge < -0.3 is 105 Å². The molecular formula is C85H125N15O22. The highest BCUT2D eigenvalue weighted by Gasteiger charge is 2.53. The van der Waals surface area contributed by atoms with Crippen LogP contribution in [-0.4, -0.2) is 268 Å². The second-order valence-electron chi connectivity index (χ2n) is 32.0. The summed E-state index contributed by atoms with van der Waals surface area (Å²) in [6, 6.07) is 3.00. The average molecular weight is 1710 g/mol. The summed E-state index contributed by atoms with van der Waals surface area (Å²) in [5.41, 5.74) is 23.6. The third-order valence-corrected chi connectivity index (χ3v) is 22.7. The van der Waals surface area contributed by atoms with Crippen LogP contribution in [0.1, 0.15) is 156 Å². The number of aromatic nitrogens is 8. The van der Waals surface area contributed by atoms with Gasteiger partial charge in [-0.05, 0) is 132 Å². The van der Waals surface area contributed by atoms with E-state index in [2.05, 4.69) is 41.2 Å². The van der Waals surface area contributed by atoms with Gasteiger partial charge in [0, 0.05) is 102 Å². The van der Waals surface area contributed by atoms with Gasteiger partial charge in [0.2, 0.25) is 17.6 Å².